The molecule has 1 heterocycles. The minimum absolute atomic E-state index is 0.508. The van der Waals surface area contributed by atoms with Crippen molar-refractivity contribution in [1.29, 1.82) is 0 Å². The third-order valence-electron chi connectivity index (χ3n) is 2.93. The molecule has 3 nitrogen and oxygen atoms in total. The van der Waals surface area contributed by atoms with Gasteiger partial charge in [-0.15, -0.1) is 0 Å². The Morgan fingerprint density at radius 1 is 1.41 bits per heavy atom. The van der Waals surface area contributed by atoms with Crippen LogP contribution < -0.4 is 5.73 Å². The van der Waals surface area contributed by atoms with Crippen molar-refractivity contribution in [2.75, 3.05) is 24.7 Å². The zero-order valence-corrected chi connectivity index (χ0v) is 11.9. The van der Waals surface area contributed by atoms with E-state index in [1.807, 2.05) is 6.07 Å². The summed E-state index contributed by atoms with van der Waals surface area (Å²) in [7, 11) is -0.959. The van der Waals surface area contributed by atoms with Gasteiger partial charge in [0.15, 0.2) is 0 Å². The lowest BCUT2D eigenvalue weighted by Gasteiger charge is -2.21. The molecule has 0 aliphatic carbocycles. The number of ether oxygens (including phenoxy) is 1. The van der Waals surface area contributed by atoms with E-state index in [0.29, 0.717) is 17.4 Å². The van der Waals surface area contributed by atoms with E-state index in [1.165, 1.54) is 0 Å². The van der Waals surface area contributed by atoms with Crippen molar-refractivity contribution in [3.05, 3.63) is 22.7 Å². The van der Waals surface area contributed by atoms with Crippen LogP contribution in [0.25, 0.3) is 0 Å². The smallest absolute Gasteiger partial charge is 0.0543 e. The molecule has 1 aromatic rings. The lowest BCUT2D eigenvalue weighted by atomic mass is 10.0. The molecule has 0 spiro atoms. The monoisotopic (exact) mass is 317 g/mol. The van der Waals surface area contributed by atoms with E-state index >= 15 is 0 Å². The molecule has 2 N–H and O–H groups in total. The van der Waals surface area contributed by atoms with Crippen LogP contribution in [0.5, 0.6) is 0 Å². The maximum atomic E-state index is 12.2. The van der Waals surface area contributed by atoms with Gasteiger partial charge in [-0.3, -0.25) is 4.21 Å². The fourth-order valence-electron chi connectivity index (χ4n) is 1.92. The van der Waals surface area contributed by atoms with E-state index in [9.17, 15) is 4.21 Å². The third kappa shape index (κ3) is 3.53. The summed E-state index contributed by atoms with van der Waals surface area (Å²) in [5, 5.41) is 0. The van der Waals surface area contributed by atoms with Crippen LogP contribution in [-0.2, 0) is 15.5 Å². The fourth-order valence-corrected chi connectivity index (χ4v) is 4.29. The van der Waals surface area contributed by atoms with E-state index in [1.54, 1.807) is 12.1 Å². The number of benzene rings is 1. The van der Waals surface area contributed by atoms with Gasteiger partial charge in [-0.2, -0.15) is 0 Å². The van der Waals surface area contributed by atoms with Crippen LogP contribution >= 0.6 is 15.9 Å². The van der Waals surface area contributed by atoms with Gasteiger partial charge >= 0.3 is 0 Å². The highest BCUT2D eigenvalue weighted by Gasteiger charge is 2.18. The predicted octanol–water partition coefficient (Wildman–Crippen LogP) is 2.57. The van der Waals surface area contributed by atoms with Crippen molar-refractivity contribution in [2.45, 2.75) is 17.7 Å². The summed E-state index contributed by atoms with van der Waals surface area (Å²) < 4.78 is 18.4. The Labute approximate surface area is 112 Å². The molecule has 0 amide bonds. The number of anilines is 1. The highest BCUT2D eigenvalue weighted by atomic mass is 79.9. The third-order valence-corrected chi connectivity index (χ3v) is 5.47. The van der Waals surface area contributed by atoms with Crippen LogP contribution in [0.15, 0.2) is 27.6 Å². The molecule has 0 radical (unpaired) electrons. The number of nitrogen functional groups attached to an aromatic ring is 1. The Balaban J connectivity index is 2.03. The molecule has 1 fully saturated rings. The maximum Gasteiger partial charge on any atom is 0.0543 e. The minimum Gasteiger partial charge on any atom is -0.399 e. The van der Waals surface area contributed by atoms with Gasteiger partial charge in [0.05, 0.1) is 15.7 Å². The van der Waals surface area contributed by atoms with E-state index < -0.39 is 10.8 Å². The van der Waals surface area contributed by atoms with Crippen LogP contribution in [0.1, 0.15) is 12.8 Å². The van der Waals surface area contributed by atoms with Crippen LogP contribution in [0.2, 0.25) is 0 Å². The number of hydrogen-bond acceptors (Lipinski definition) is 3. The lowest BCUT2D eigenvalue weighted by Crippen LogP contribution is -2.21. The summed E-state index contributed by atoms with van der Waals surface area (Å²) in [6.45, 7) is 1.59. The van der Waals surface area contributed by atoms with E-state index in [-0.39, 0.29) is 0 Å². The Morgan fingerprint density at radius 3 is 2.76 bits per heavy atom. The average Bonchev–Trinajstić information content (AvgIpc) is 2.30. The number of rotatable bonds is 3. The van der Waals surface area contributed by atoms with Crippen molar-refractivity contribution in [3.8, 4) is 0 Å². The molecule has 2 rings (SSSR count). The highest BCUT2D eigenvalue weighted by molar-refractivity contribution is 9.10. The fraction of sp³-hybridized carbons (Fsp3) is 0.500. The van der Waals surface area contributed by atoms with E-state index in [2.05, 4.69) is 15.9 Å². The second-order valence-corrected chi connectivity index (χ2v) is 6.58. The number of hydrogen-bond donors (Lipinski definition) is 1. The second-order valence-electron chi connectivity index (χ2n) is 4.26. The molecule has 0 saturated carbocycles. The Morgan fingerprint density at radius 2 is 2.12 bits per heavy atom. The first-order valence-electron chi connectivity index (χ1n) is 5.68. The van der Waals surface area contributed by atoms with Gasteiger partial charge in [0, 0.05) is 29.1 Å². The molecule has 0 bridgehead atoms. The largest absolute Gasteiger partial charge is 0.399 e. The van der Waals surface area contributed by atoms with Gasteiger partial charge in [0.1, 0.15) is 0 Å². The summed E-state index contributed by atoms with van der Waals surface area (Å²) in [6.07, 6.45) is 2.02. The van der Waals surface area contributed by atoms with Gasteiger partial charge in [-0.25, -0.2) is 0 Å². The zero-order chi connectivity index (χ0) is 12.3. The summed E-state index contributed by atoms with van der Waals surface area (Å²) in [4.78, 5) is 0.839. The van der Waals surface area contributed by atoms with Gasteiger partial charge in [0.25, 0.3) is 0 Å². The Bertz CT molecular complexity index is 419. The van der Waals surface area contributed by atoms with Crippen molar-refractivity contribution in [1.82, 2.24) is 0 Å². The van der Waals surface area contributed by atoms with E-state index in [0.717, 1.165) is 35.4 Å². The first-order chi connectivity index (χ1) is 8.16. The standard InChI is InChI=1S/C12H16BrNO2S/c13-11-7-10(14)1-2-12(11)17(15)8-9-3-5-16-6-4-9/h1-2,7,9H,3-6,8,14H2. The first-order valence-corrected chi connectivity index (χ1v) is 7.79. The maximum absolute atomic E-state index is 12.2. The summed E-state index contributed by atoms with van der Waals surface area (Å²) in [5.41, 5.74) is 6.35. The molecule has 94 valence electrons. The first kappa shape index (κ1) is 13.1. The Hall–Kier alpha value is -0.390. The topological polar surface area (TPSA) is 52.3 Å². The molecule has 1 aliphatic rings. The van der Waals surface area contributed by atoms with Crippen LogP contribution in [0, 0.1) is 5.92 Å². The molecule has 17 heavy (non-hydrogen) atoms. The van der Waals surface area contributed by atoms with Crippen LogP contribution in [0.4, 0.5) is 5.69 Å². The lowest BCUT2D eigenvalue weighted by molar-refractivity contribution is 0.0725. The summed E-state index contributed by atoms with van der Waals surface area (Å²) >= 11 is 3.41. The molecule has 1 unspecified atom stereocenters. The second kappa shape index (κ2) is 5.98. The molecular formula is C12H16BrNO2S. The SMILES string of the molecule is Nc1ccc(S(=O)CC2CCOCC2)c(Br)c1. The molecular weight excluding hydrogens is 302 g/mol. The van der Waals surface area contributed by atoms with Crippen molar-refractivity contribution in [3.63, 3.8) is 0 Å². The highest BCUT2D eigenvalue weighted by Crippen LogP contribution is 2.25. The molecule has 5 heteroatoms. The summed E-state index contributed by atoms with van der Waals surface area (Å²) in [5.74, 6) is 1.22. The average molecular weight is 318 g/mol. The van der Waals surface area contributed by atoms with Crippen molar-refractivity contribution < 1.29 is 8.95 Å². The molecule has 1 atom stereocenters. The van der Waals surface area contributed by atoms with Crippen LogP contribution in [0.3, 0.4) is 0 Å². The molecule has 1 aromatic carbocycles. The summed E-state index contributed by atoms with van der Waals surface area (Å²) in [6, 6.07) is 5.44. The van der Waals surface area contributed by atoms with Gasteiger partial charge in [-0.05, 0) is 52.9 Å². The van der Waals surface area contributed by atoms with Gasteiger partial charge in [0.2, 0.25) is 0 Å². The van der Waals surface area contributed by atoms with E-state index in [4.69, 9.17) is 10.5 Å². The van der Waals surface area contributed by atoms with Crippen LogP contribution in [-0.4, -0.2) is 23.2 Å². The zero-order valence-electron chi connectivity index (χ0n) is 9.52. The normalized spacial score (nSPS) is 19.1. The van der Waals surface area contributed by atoms with Crippen molar-refractivity contribution >= 4 is 32.4 Å². The minimum atomic E-state index is -0.959. The molecule has 1 aliphatic heterocycles. The molecule has 1 saturated heterocycles. The van der Waals surface area contributed by atoms with Gasteiger partial charge < -0.3 is 10.5 Å². The molecule has 0 aromatic heterocycles. The number of nitrogens with two attached hydrogens (primary N) is 1. The Kier molecular flexibility index (Phi) is 4.59. The predicted molar refractivity (Wildman–Crippen MR) is 73.4 cm³/mol. The number of halogens is 1. The van der Waals surface area contributed by atoms with Crippen molar-refractivity contribution in [2.24, 2.45) is 5.92 Å². The van der Waals surface area contributed by atoms with Gasteiger partial charge in [-0.1, -0.05) is 0 Å². The quantitative estimate of drug-likeness (QED) is 0.872.